The third kappa shape index (κ3) is 2.77. The molecule has 0 aromatic heterocycles. The minimum Gasteiger partial charge on any atom is -0.393 e. The molecule has 0 saturated heterocycles. The van der Waals surface area contributed by atoms with E-state index in [0.29, 0.717) is 5.41 Å². The van der Waals surface area contributed by atoms with Crippen LogP contribution in [-0.2, 0) is 0 Å². The monoisotopic (exact) mass is 264 g/mol. The summed E-state index contributed by atoms with van der Waals surface area (Å²) in [6.07, 6.45) is 10.7. The summed E-state index contributed by atoms with van der Waals surface area (Å²) >= 11 is 0. The Labute approximate surface area is 119 Å². The predicted octanol–water partition coefficient (Wildman–Crippen LogP) is 4.95. The van der Waals surface area contributed by atoms with Crippen LogP contribution in [0.5, 0.6) is 0 Å². The summed E-state index contributed by atoms with van der Waals surface area (Å²) in [5, 5.41) is 9.94. The van der Waals surface area contributed by atoms with E-state index in [4.69, 9.17) is 0 Å². The Bertz CT molecular complexity index is 333. The lowest BCUT2D eigenvalue weighted by Gasteiger charge is -2.51. The molecule has 1 heteroatoms. The molecular weight excluding hydrogens is 232 g/mol. The van der Waals surface area contributed by atoms with Crippen molar-refractivity contribution >= 4 is 0 Å². The molecule has 1 fully saturated rings. The van der Waals surface area contributed by atoms with Gasteiger partial charge in [-0.2, -0.15) is 0 Å². The van der Waals surface area contributed by atoms with Crippen molar-refractivity contribution in [3.8, 4) is 0 Å². The second kappa shape index (κ2) is 5.99. The van der Waals surface area contributed by atoms with Crippen LogP contribution in [0, 0.1) is 23.2 Å². The molecule has 19 heavy (non-hydrogen) atoms. The summed E-state index contributed by atoms with van der Waals surface area (Å²) in [5.74, 6) is 2.52. The first-order valence-corrected chi connectivity index (χ1v) is 8.40. The molecular formula is C18H32O. The fraction of sp³-hybridized carbons (Fsp3) is 0.889. The Morgan fingerprint density at radius 2 is 2.16 bits per heavy atom. The highest BCUT2D eigenvalue weighted by molar-refractivity contribution is 5.23. The summed E-state index contributed by atoms with van der Waals surface area (Å²) in [4.78, 5) is 0. The molecule has 2 rings (SSSR count). The van der Waals surface area contributed by atoms with Crippen LogP contribution in [0.2, 0.25) is 0 Å². The van der Waals surface area contributed by atoms with Gasteiger partial charge in [-0.25, -0.2) is 0 Å². The van der Waals surface area contributed by atoms with Crippen LogP contribution < -0.4 is 0 Å². The number of hydrogen-bond acceptors (Lipinski definition) is 1. The van der Waals surface area contributed by atoms with E-state index in [9.17, 15) is 5.11 Å². The molecule has 1 saturated carbocycles. The van der Waals surface area contributed by atoms with E-state index in [0.717, 1.165) is 30.6 Å². The Morgan fingerprint density at radius 1 is 1.42 bits per heavy atom. The third-order valence-electron chi connectivity index (χ3n) is 6.07. The maximum atomic E-state index is 9.94. The highest BCUT2D eigenvalue weighted by Crippen LogP contribution is 2.55. The Balaban J connectivity index is 2.23. The first kappa shape index (κ1) is 15.1. The summed E-state index contributed by atoms with van der Waals surface area (Å²) in [6, 6.07) is 0. The van der Waals surface area contributed by atoms with E-state index < -0.39 is 0 Å². The maximum Gasteiger partial charge on any atom is 0.0577 e. The van der Waals surface area contributed by atoms with Crippen molar-refractivity contribution in [1.82, 2.24) is 0 Å². The number of rotatable bonds is 4. The van der Waals surface area contributed by atoms with Gasteiger partial charge < -0.3 is 5.11 Å². The van der Waals surface area contributed by atoms with Crippen molar-refractivity contribution in [2.75, 3.05) is 0 Å². The normalized spacial score (nSPS) is 40.5. The van der Waals surface area contributed by atoms with Crippen LogP contribution in [0.15, 0.2) is 11.6 Å². The lowest BCUT2D eigenvalue weighted by atomic mass is 9.54. The van der Waals surface area contributed by atoms with Crippen LogP contribution >= 0.6 is 0 Å². The molecule has 0 amide bonds. The maximum absolute atomic E-state index is 9.94. The van der Waals surface area contributed by atoms with Crippen molar-refractivity contribution < 1.29 is 5.11 Å². The summed E-state index contributed by atoms with van der Waals surface area (Å²) in [7, 11) is 0. The highest BCUT2D eigenvalue weighted by atomic mass is 16.3. The average Bonchev–Trinajstić information content (AvgIpc) is 2.38. The standard InChI is InChI=1S/C18H32O/c1-5-7-13(3)16-9-8-14-12-15(19)10-11-18(14,4)17(16)6-2/h8,13,15-17,19H,5-7,9-12H2,1-4H3/t13?,15-,16?,17?,18-/m0/s1. The van der Waals surface area contributed by atoms with E-state index in [2.05, 4.69) is 33.8 Å². The number of allylic oxidation sites excluding steroid dienone is 1. The van der Waals surface area contributed by atoms with Gasteiger partial charge in [0.1, 0.15) is 0 Å². The quantitative estimate of drug-likeness (QED) is 0.713. The number of hydrogen-bond donors (Lipinski definition) is 1. The number of aliphatic hydroxyl groups excluding tert-OH is 1. The van der Waals surface area contributed by atoms with E-state index in [-0.39, 0.29) is 6.10 Å². The zero-order valence-electron chi connectivity index (χ0n) is 13.3. The largest absolute Gasteiger partial charge is 0.393 e. The SMILES string of the molecule is CCCC(C)C1CC=C2C[C@@H](O)CC[C@]2(C)C1CC. The molecule has 0 spiro atoms. The Morgan fingerprint density at radius 3 is 2.79 bits per heavy atom. The smallest absolute Gasteiger partial charge is 0.0577 e. The van der Waals surface area contributed by atoms with Crippen molar-refractivity contribution in [2.24, 2.45) is 23.2 Å². The Hall–Kier alpha value is -0.300. The van der Waals surface area contributed by atoms with E-state index >= 15 is 0 Å². The number of fused-ring (bicyclic) bond motifs is 1. The second-order valence-corrected chi connectivity index (χ2v) is 7.22. The van der Waals surface area contributed by atoms with Gasteiger partial charge in [-0.05, 0) is 48.9 Å². The Kier molecular flexibility index (Phi) is 4.76. The minimum absolute atomic E-state index is 0.0820. The summed E-state index contributed by atoms with van der Waals surface area (Å²) in [5.41, 5.74) is 1.94. The molecule has 5 atom stereocenters. The van der Waals surface area contributed by atoms with Crippen LogP contribution in [-0.4, -0.2) is 11.2 Å². The summed E-state index contributed by atoms with van der Waals surface area (Å²) < 4.78 is 0. The molecule has 0 aromatic carbocycles. The van der Waals surface area contributed by atoms with Crippen LogP contribution in [0.1, 0.15) is 72.6 Å². The summed E-state index contributed by atoms with van der Waals surface area (Å²) in [6.45, 7) is 9.61. The molecule has 110 valence electrons. The average molecular weight is 264 g/mol. The molecule has 0 aromatic rings. The molecule has 2 aliphatic carbocycles. The van der Waals surface area contributed by atoms with Gasteiger partial charge in [0.2, 0.25) is 0 Å². The number of aliphatic hydroxyl groups is 1. The fourth-order valence-corrected chi connectivity index (χ4v) is 4.92. The second-order valence-electron chi connectivity index (χ2n) is 7.22. The molecule has 1 N–H and O–H groups in total. The highest BCUT2D eigenvalue weighted by Gasteiger charge is 2.46. The van der Waals surface area contributed by atoms with Gasteiger partial charge in [0.25, 0.3) is 0 Å². The van der Waals surface area contributed by atoms with Gasteiger partial charge >= 0.3 is 0 Å². The van der Waals surface area contributed by atoms with Crippen molar-refractivity contribution in [2.45, 2.75) is 78.7 Å². The van der Waals surface area contributed by atoms with Gasteiger partial charge in [0.05, 0.1) is 6.10 Å². The zero-order valence-corrected chi connectivity index (χ0v) is 13.3. The molecule has 0 heterocycles. The predicted molar refractivity (Wildman–Crippen MR) is 82.0 cm³/mol. The lowest BCUT2D eigenvalue weighted by Crippen LogP contribution is -2.43. The van der Waals surface area contributed by atoms with E-state index in [1.807, 2.05) is 0 Å². The first-order chi connectivity index (χ1) is 9.02. The van der Waals surface area contributed by atoms with Gasteiger partial charge in [0.15, 0.2) is 0 Å². The van der Waals surface area contributed by atoms with Crippen LogP contribution in [0.3, 0.4) is 0 Å². The van der Waals surface area contributed by atoms with Gasteiger partial charge in [0, 0.05) is 0 Å². The zero-order chi connectivity index (χ0) is 14.0. The van der Waals surface area contributed by atoms with Crippen LogP contribution in [0.4, 0.5) is 0 Å². The van der Waals surface area contributed by atoms with E-state index in [1.165, 1.54) is 32.1 Å². The van der Waals surface area contributed by atoms with Gasteiger partial charge in [-0.3, -0.25) is 0 Å². The molecule has 0 aliphatic heterocycles. The molecule has 0 radical (unpaired) electrons. The molecule has 1 nitrogen and oxygen atoms in total. The topological polar surface area (TPSA) is 20.2 Å². The molecule has 0 bridgehead atoms. The fourth-order valence-electron chi connectivity index (χ4n) is 4.92. The third-order valence-corrected chi connectivity index (χ3v) is 6.07. The lowest BCUT2D eigenvalue weighted by molar-refractivity contribution is 0.0328. The van der Waals surface area contributed by atoms with Crippen molar-refractivity contribution in [1.29, 1.82) is 0 Å². The van der Waals surface area contributed by atoms with Gasteiger partial charge in [-0.1, -0.05) is 58.6 Å². The van der Waals surface area contributed by atoms with E-state index in [1.54, 1.807) is 5.57 Å². The van der Waals surface area contributed by atoms with Gasteiger partial charge in [-0.15, -0.1) is 0 Å². The first-order valence-electron chi connectivity index (χ1n) is 8.40. The van der Waals surface area contributed by atoms with Crippen molar-refractivity contribution in [3.63, 3.8) is 0 Å². The molecule has 3 unspecified atom stereocenters. The molecule has 2 aliphatic rings. The van der Waals surface area contributed by atoms with Crippen LogP contribution in [0.25, 0.3) is 0 Å². The van der Waals surface area contributed by atoms with Crippen molar-refractivity contribution in [3.05, 3.63) is 11.6 Å². The minimum atomic E-state index is -0.0820.